The highest BCUT2D eigenvalue weighted by Crippen LogP contribution is 2.20. The second-order valence-corrected chi connectivity index (χ2v) is 8.47. The molecule has 0 aliphatic carbocycles. The van der Waals surface area contributed by atoms with Crippen LogP contribution in [-0.4, -0.2) is 75.8 Å². The van der Waals surface area contributed by atoms with Crippen LogP contribution >= 0.6 is 24.0 Å². The van der Waals surface area contributed by atoms with Gasteiger partial charge < -0.3 is 14.8 Å². The Morgan fingerprint density at radius 2 is 1.90 bits per heavy atom. The van der Waals surface area contributed by atoms with Gasteiger partial charge >= 0.3 is 0 Å². The van der Waals surface area contributed by atoms with Crippen LogP contribution in [0.2, 0.25) is 0 Å². The number of fused-ring (bicyclic) bond motifs is 1. The molecule has 1 unspecified atom stereocenters. The van der Waals surface area contributed by atoms with Gasteiger partial charge in [0.05, 0.1) is 0 Å². The number of aliphatic imine (C=N–C) groups is 1. The molecule has 4 rings (SSSR count). The Bertz CT molecular complexity index is 653. The van der Waals surface area contributed by atoms with Crippen LogP contribution in [0.3, 0.4) is 0 Å². The van der Waals surface area contributed by atoms with Crippen LogP contribution in [0.15, 0.2) is 4.99 Å². The summed E-state index contributed by atoms with van der Waals surface area (Å²) in [6.07, 6.45) is 10.9. The van der Waals surface area contributed by atoms with E-state index in [1.165, 1.54) is 57.4 Å². The zero-order valence-corrected chi connectivity index (χ0v) is 20.3. The van der Waals surface area contributed by atoms with E-state index in [0.29, 0.717) is 0 Å². The Kier molecular flexibility index (Phi) is 9.02. The zero-order valence-electron chi connectivity index (χ0n) is 18.0. The molecule has 0 saturated carbocycles. The molecule has 2 saturated heterocycles. The van der Waals surface area contributed by atoms with E-state index in [1.54, 1.807) is 0 Å². The second kappa shape index (κ2) is 11.5. The van der Waals surface area contributed by atoms with Crippen molar-refractivity contribution in [1.29, 1.82) is 0 Å². The number of nitrogens with one attached hydrogen (secondary N) is 1. The van der Waals surface area contributed by atoms with Crippen LogP contribution in [-0.2, 0) is 19.4 Å². The van der Waals surface area contributed by atoms with Gasteiger partial charge in [-0.1, -0.05) is 6.42 Å². The lowest BCUT2D eigenvalue weighted by Gasteiger charge is -2.25. The third-order valence-corrected chi connectivity index (χ3v) is 6.46. The van der Waals surface area contributed by atoms with Gasteiger partial charge in [-0.05, 0) is 58.5 Å². The van der Waals surface area contributed by atoms with Crippen molar-refractivity contribution in [2.75, 3.05) is 39.3 Å². The summed E-state index contributed by atoms with van der Waals surface area (Å²) in [6, 6.07) is 0.720. The molecule has 29 heavy (non-hydrogen) atoms. The fraction of sp³-hybridized carbons (Fsp3) is 0.857. The molecule has 0 radical (unpaired) electrons. The largest absolute Gasteiger partial charge is 0.357 e. The summed E-state index contributed by atoms with van der Waals surface area (Å²) in [5.74, 6) is 3.45. The molecule has 8 heteroatoms. The fourth-order valence-electron chi connectivity index (χ4n) is 4.92. The molecule has 0 aromatic carbocycles. The minimum atomic E-state index is 0. The molecule has 1 aromatic rings. The predicted molar refractivity (Wildman–Crippen MR) is 128 cm³/mol. The van der Waals surface area contributed by atoms with Crippen molar-refractivity contribution in [3.63, 3.8) is 0 Å². The van der Waals surface area contributed by atoms with Crippen LogP contribution in [0.1, 0.15) is 63.5 Å². The fourth-order valence-corrected chi connectivity index (χ4v) is 4.92. The lowest BCUT2D eigenvalue weighted by molar-refractivity contribution is 0.249. The molecule has 2 fully saturated rings. The van der Waals surface area contributed by atoms with E-state index in [1.807, 2.05) is 0 Å². The van der Waals surface area contributed by atoms with Crippen molar-refractivity contribution in [2.45, 2.75) is 77.3 Å². The average Bonchev–Trinajstić information content (AvgIpc) is 3.43. The first kappa shape index (κ1) is 22.8. The van der Waals surface area contributed by atoms with Crippen LogP contribution < -0.4 is 5.32 Å². The Morgan fingerprint density at radius 1 is 1.07 bits per heavy atom. The first-order valence-electron chi connectivity index (χ1n) is 11.5. The lowest BCUT2D eigenvalue weighted by Crippen LogP contribution is -2.42. The highest BCUT2D eigenvalue weighted by atomic mass is 127. The third kappa shape index (κ3) is 5.83. The van der Waals surface area contributed by atoms with E-state index in [4.69, 9.17) is 4.99 Å². The minimum absolute atomic E-state index is 0. The summed E-state index contributed by atoms with van der Waals surface area (Å²) in [6.45, 7) is 9.87. The van der Waals surface area contributed by atoms with Crippen LogP contribution in [0, 0.1) is 0 Å². The van der Waals surface area contributed by atoms with Crippen molar-refractivity contribution in [2.24, 2.45) is 4.99 Å². The molecule has 1 atom stereocenters. The van der Waals surface area contributed by atoms with E-state index < -0.39 is 0 Å². The number of hydrogen-bond donors (Lipinski definition) is 1. The van der Waals surface area contributed by atoms with Gasteiger partial charge in [-0.15, -0.1) is 34.2 Å². The molecular weight excluding hydrogens is 477 g/mol. The Hall–Kier alpha value is -0.900. The van der Waals surface area contributed by atoms with E-state index in [2.05, 4.69) is 36.8 Å². The Morgan fingerprint density at radius 3 is 2.72 bits per heavy atom. The van der Waals surface area contributed by atoms with E-state index in [9.17, 15) is 0 Å². The molecule has 4 heterocycles. The second-order valence-electron chi connectivity index (χ2n) is 8.47. The maximum atomic E-state index is 4.94. The number of guanidine groups is 1. The van der Waals surface area contributed by atoms with Gasteiger partial charge in [0.15, 0.2) is 5.96 Å². The van der Waals surface area contributed by atoms with Crippen molar-refractivity contribution in [3.8, 4) is 0 Å². The topological polar surface area (TPSA) is 61.6 Å². The average molecular weight is 515 g/mol. The maximum absolute atomic E-state index is 4.94. The molecule has 1 aromatic heterocycles. The number of rotatable bonds is 6. The number of aryl methyl sites for hydroxylation is 2. The molecule has 0 spiro atoms. The summed E-state index contributed by atoms with van der Waals surface area (Å²) in [7, 11) is 0. The quantitative estimate of drug-likeness (QED) is 0.273. The van der Waals surface area contributed by atoms with E-state index in [-0.39, 0.29) is 24.0 Å². The summed E-state index contributed by atoms with van der Waals surface area (Å²) in [5.41, 5.74) is 0. The van der Waals surface area contributed by atoms with Crippen LogP contribution in [0.4, 0.5) is 0 Å². The zero-order chi connectivity index (χ0) is 19.2. The van der Waals surface area contributed by atoms with Crippen molar-refractivity contribution >= 4 is 29.9 Å². The molecule has 3 aliphatic rings. The number of likely N-dealkylation sites (tertiary alicyclic amines) is 2. The number of nitrogens with zero attached hydrogens (tertiary/aromatic N) is 6. The van der Waals surface area contributed by atoms with Crippen LogP contribution in [0.5, 0.6) is 0 Å². The molecule has 0 bridgehead atoms. The number of hydrogen-bond acceptors (Lipinski definition) is 4. The molecule has 7 nitrogen and oxygen atoms in total. The van der Waals surface area contributed by atoms with Gasteiger partial charge in [0.2, 0.25) is 0 Å². The molecular formula is C21H38IN7. The summed E-state index contributed by atoms with van der Waals surface area (Å²) >= 11 is 0. The van der Waals surface area contributed by atoms with Gasteiger partial charge in [-0.3, -0.25) is 9.89 Å². The number of halogens is 1. The highest BCUT2D eigenvalue weighted by molar-refractivity contribution is 14.0. The SMILES string of the molecule is CCNC(=NCCCc1nnc2n1CCCCC2)N1CCC(N2CCCC2)C1.I. The van der Waals surface area contributed by atoms with Gasteiger partial charge in [-0.25, -0.2) is 0 Å². The molecule has 3 aliphatic heterocycles. The van der Waals surface area contributed by atoms with Gasteiger partial charge in [0.25, 0.3) is 0 Å². The van der Waals surface area contributed by atoms with Gasteiger partial charge in [-0.2, -0.15) is 0 Å². The standard InChI is InChI=1S/C21H37N7.HI/c1-2-22-21(27-16-11-18(17-27)26-13-6-7-14-26)23-12-8-10-20-25-24-19-9-4-3-5-15-28(19)20;/h18H,2-17H2,1H3,(H,22,23);1H. The molecule has 164 valence electrons. The van der Waals surface area contributed by atoms with Gasteiger partial charge in [0.1, 0.15) is 11.6 Å². The van der Waals surface area contributed by atoms with E-state index >= 15 is 0 Å². The van der Waals surface area contributed by atoms with Crippen molar-refractivity contribution in [3.05, 3.63) is 11.6 Å². The van der Waals surface area contributed by atoms with Crippen molar-refractivity contribution < 1.29 is 0 Å². The Labute approximate surface area is 192 Å². The lowest BCUT2D eigenvalue weighted by atomic mass is 10.2. The summed E-state index contributed by atoms with van der Waals surface area (Å²) < 4.78 is 2.36. The smallest absolute Gasteiger partial charge is 0.193 e. The first-order chi connectivity index (χ1) is 13.8. The van der Waals surface area contributed by atoms with Crippen molar-refractivity contribution in [1.82, 2.24) is 29.9 Å². The maximum Gasteiger partial charge on any atom is 0.193 e. The Balaban J connectivity index is 0.00000240. The first-order valence-corrected chi connectivity index (χ1v) is 11.5. The minimum Gasteiger partial charge on any atom is -0.357 e. The van der Waals surface area contributed by atoms with E-state index in [0.717, 1.165) is 69.8 Å². The number of aromatic nitrogens is 3. The molecule has 1 N–H and O–H groups in total. The van der Waals surface area contributed by atoms with Crippen LogP contribution in [0.25, 0.3) is 0 Å². The highest BCUT2D eigenvalue weighted by Gasteiger charge is 2.30. The monoisotopic (exact) mass is 515 g/mol. The molecule has 0 amide bonds. The predicted octanol–water partition coefficient (Wildman–Crippen LogP) is 2.69. The summed E-state index contributed by atoms with van der Waals surface area (Å²) in [5, 5.41) is 12.4. The van der Waals surface area contributed by atoms with Gasteiger partial charge in [0, 0.05) is 51.6 Å². The normalized spacial score (nSPS) is 23.0. The summed E-state index contributed by atoms with van der Waals surface area (Å²) in [4.78, 5) is 10.1. The third-order valence-electron chi connectivity index (χ3n) is 6.46.